The Labute approximate surface area is 170 Å². The third kappa shape index (κ3) is 4.74. The molecule has 0 saturated carbocycles. The number of aryl methyl sites for hydroxylation is 1. The second-order valence-electron chi connectivity index (χ2n) is 6.76. The van der Waals surface area contributed by atoms with E-state index < -0.39 is 17.8 Å². The molecule has 0 aromatic heterocycles. The zero-order valence-electron chi connectivity index (χ0n) is 17.4. The lowest BCUT2D eigenvalue weighted by Gasteiger charge is -2.17. The summed E-state index contributed by atoms with van der Waals surface area (Å²) in [5.74, 6) is -0.785. The Hall–Kier alpha value is -3.35. The maximum Gasteiger partial charge on any atom is 0.339 e. The van der Waals surface area contributed by atoms with Crippen LogP contribution in [-0.2, 0) is 9.47 Å². The third-order valence-corrected chi connectivity index (χ3v) is 4.54. The summed E-state index contributed by atoms with van der Waals surface area (Å²) in [6.45, 7) is 5.81. The minimum Gasteiger partial charge on any atom is -0.496 e. The Balaban J connectivity index is 2.50. The Morgan fingerprint density at radius 2 is 1.55 bits per heavy atom. The molecule has 7 heteroatoms. The van der Waals surface area contributed by atoms with Crippen molar-refractivity contribution in [3.8, 4) is 5.75 Å². The number of carbonyl (C=O) groups is 3. The molecule has 0 radical (unpaired) electrons. The number of ether oxygens (including phenoxy) is 3. The number of amides is 1. The molecule has 2 rings (SSSR count). The number of benzene rings is 2. The van der Waals surface area contributed by atoms with Gasteiger partial charge in [-0.3, -0.25) is 4.79 Å². The Kier molecular flexibility index (Phi) is 6.98. The summed E-state index contributed by atoms with van der Waals surface area (Å²) in [5.41, 5.74) is 2.53. The Morgan fingerprint density at radius 3 is 2.10 bits per heavy atom. The van der Waals surface area contributed by atoms with Crippen LogP contribution < -0.4 is 10.1 Å². The van der Waals surface area contributed by atoms with Crippen molar-refractivity contribution in [2.24, 2.45) is 0 Å². The van der Waals surface area contributed by atoms with Crippen molar-refractivity contribution >= 4 is 23.5 Å². The van der Waals surface area contributed by atoms with Gasteiger partial charge in [0.1, 0.15) is 5.75 Å². The summed E-state index contributed by atoms with van der Waals surface area (Å²) < 4.78 is 14.9. The van der Waals surface area contributed by atoms with E-state index in [4.69, 9.17) is 14.2 Å². The molecule has 1 N–H and O–H groups in total. The Morgan fingerprint density at radius 1 is 0.897 bits per heavy atom. The molecule has 0 heterocycles. The number of hydrogen-bond acceptors (Lipinski definition) is 6. The average Bonchev–Trinajstić information content (AvgIpc) is 2.71. The summed E-state index contributed by atoms with van der Waals surface area (Å²) in [5, 5.41) is 2.72. The van der Waals surface area contributed by atoms with Crippen molar-refractivity contribution in [1.82, 2.24) is 0 Å². The molecule has 0 unspecified atom stereocenters. The number of carbonyl (C=O) groups excluding carboxylic acids is 3. The first-order valence-corrected chi connectivity index (χ1v) is 9.04. The second-order valence-corrected chi connectivity index (χ2v) is 6.76. The van der Waals surface area contributed by atoms with Gasteiger partial charge < -0.3 is 19.5 Å². The zero-order valence-corrected chi connectivity index (χ0v) is 17.4. The van der Waals surface area contributed by atoms with Crippen LogP contribution in [0.25, 0.3) is 0 Å². The molecule has 2 aromatic carbocycles. The molecular formula is C22H25NO6. The molecule has 154 valence electrons. The SMILES string of the molecule is COC(=O)c1ccc(C(=O)OC)c(NC(=O)c2cc(C(C)C)c(OC)cc2C)c1. The predicted molar refractivity (Wildman–Crippen MR) is 109 cm³/mol. The largest absolute Gasteiger partial charge is 0.496 e. The molecule has 0 aliphatic carbocycles. The van der Waals surface area contributed by atoms with E-state index >= 15 is 0 Å². The quantitative estimate of drug-likeness (QED) is 0.740. The van der Waals surface area contributed by atoms with Crippen molar-refractivity contribution in [1.29, 1.82) is 0 Å². The summed E-state index contributed by atoms with van der Waals surface area (Å²) in [4.78, 5) is 36.9. The standard InChI is InChI=1S/C22H25NO6/c1-12(2)16-11-17(13(3)9-19(16)27-4)20(24)23-18-10-14(21(25)28-5)7-8-15(18)22(26)29-6/h7-12H,1-6H3,(H,23,24). The van der Waals surface area contributed by atoms with Crippen LogP contribution in [-0.4, -0.2) is 39.2 Å². The smallest absolute Gasteiger partial charge is 0.339 e. The van der Waals surface area contributed by atoms with Gasteiger partial charge in [-0.25, -0.2) is 9.59 Å². The van der Waals surface area contributed by atoms with E-state index in [0.29, 0.717) is 16.9 Å². The molecule has 0 fully saturated rings. The van der Waals surface area contributed by atoms with Crippen molar-refractivity contribution in [3.05, 3.63) is 58.1 Å². The van der Waals surface area contributed by atoms with Crippen LogP contribution in [0.15, 0.2) is 30.3 Å². The second kappa shape index (κ2) is 9.23. The molecule has 0 atom stereocenters. The van der Waals surface area contributed by atoms with Gasteiger partial charge >= 0.3 is 11.9 Å². The van der Waals surface area contributed by atoms with Crippen LogP contribution >= 0.6 is 0 Å². The van der Waals surface area contributed by atoms with Crippen molar-refractivity contribution in [3.63, 3.8) is 0 Å². The van der Waals surface area contributed by atoms with Gasteiger partial charge in [-0.2, -0.15) is 0 Å². The van der Waals surface area contributed by atoms with E-state index in [1.165, 1.54) is 32.4 Å². The first-order chi connectivity index (χ1) is 13.7. The van der Waals surface area contributed by atoms with Crippen molar-refractivity contribution in [2.75, 3.05) is 26.6 Å². The van der Waals surface area contributed by atoms with Gasteiger partial charge in [0.05, 0.1) is 38.1 Å². The third-order valence-electron chi connectivity index (χ3n) is 4.54. The van der Waals surface area contributed by atoms with Gasteiger partial charge in [0.25, 0.3) is 5.91 Å². The molecule has 0 bridgehead atoms. The Bertz CT molecular complexity index is 949. The molecule has 7 nitrogen and oxygen atoms in total. The minimum absolute atomic E-state index is 0.128. The number of hydrogen-bond donors (Lipinski definition) is 1. The number of rotatable bonds is 6. The molecule has 0 spiro atoms. The normalized spacial score (nSPS) is 10.4. The van der Waals surface area contributed by atoms with Crippen LogP contribution in [0, 0.1) is 6.92 Å². The van der Waals surface area contributed by atoms with E-state index in [2.05, 4.69) is 5.32 Å². The van der Waals surface area contributed by atoms with E-state index in [0.717, 1.165) is 5.56 Å². The van der Waals surface area contributed by atoms with Gasteiger partial charge in [-0.15, -0.1) is 0 Å². The number of esters is 2. The highest BCUT2D eigenvalue weighted by atomic mass is 16.5. The van der Waals surface area contributed by atoms with Crippen molar-refractivity contribution in [2.45, 2.75) is 26.7 Å². The number of nitrogens with one attached hydrogen (secondary N) is 1. The van der Waals surface area contributed by atoms with Gasteiger partial charge in [0, 0.05) is 5.56 Å². The van der Waals surface area contributed by atoms with Crippen LogP contribution in [0.2, 0.25) is 0 Å². The minimum atomic E-state index is -0.633. The molecule has 29 heavy (non-hydrogen) atoms. The zero-order chi connectivity index (χ0) is 21.7. The maximum absolute atomic E-state index is 13.0. The van der Waals surface area contributed by atoms with Crippen LogP contribution in [0.5, 0.6) is 5.75 Å². The van der Waals surface area contributed by atoms with Gasteiger partial charge in [-0.05, 0) is 54.3 Å². The fourth-order valence-corrected chi connectivity index (χ4v) is 2.94. The summed E-state index contributed by atoms with van der Waals surface area (Å²) in [6.07, 6.45) is 0. The molecule has 2 aromatic rings. The summed E-state index contributed by atoms with van der Waals surface area (Å²) in [7, 11) is 4.08. The molecule has 0 aliphatic heterocycles. The van der Waals surface area contributed by atoms with Crippen molar-refractivity contribution < 1.29 is 28.6 Å². The topological polar surface area (TPSA) is 90.9 Å². The lowest BCUT2D eigenvalue weighted by atomic mass is 9.96. The van der Waals surface area contributed by atoms with E-state index in [9.17, 15) is 14.4 Å². The molecule has 0 aliphatic rings. The van der Waals surface area contributed by atoms with Crippen LogP contribution in [0.4, 0.5) is 5.69 Å². The van der Waals surface area contributed by atoms with E-state index in [-0.39, 0.29) is 22.7 Å². The molecule has 0 saturated heterocycles. The van der Waals surface area contributed by atoms with Gasteiger partial charge in [-0.1, -0.05) is 13.8 Å². The monoisotopic (exact) mass is 399 g/mol. The van der Waals surface area contributed by atoms with Crippen LogP contribution in [0.1, 0.15) is 62.0 Å². The van der Waals surface area contributed by atoms with Gasteiger partial charge in [0.2, 0.25) is 0 Å². The summed E-state index contributed by atoms with van der Waals surface area (Å²) >= 11 is 0. The lowest BCUT2D eigenvalue weighted by Crippen LogP contribution is -2.18. The van der Waals surface area contributed by atoms with E-state index in [1.807, 2.05) is 13.8 Å². The number of methoxy groups -OCH3 is 3. The van der Waals surface area contributed by atoms with Crippen LogP contribution in [0.3, 0.4) is 0 Å². The summed E-state index contributed by atoms with van der Waals surface area (Å²) in [6, 6.07) is 7.81. The molecule has 1 amide bonds. The van der Waals surface area contributed by atoms with E-state index in [1.54, 1.807) is 26.2 Å². The predicted octanol–water partition coefficient (Wildman–Crippen LogP) is 3.95. The highest BCUT2D eigenvalue weighted by molar-refractivity contribution is 6.09. The first kappa shape index (κ1) is 21.9. The lowest BCUT2D eigenvalue weighted by molar-refractivity contribution is 0.0587. The fourth-order valence-electron chi connectivity index (χ4n) is 2.94. The average molecular weight is 399 g/mol. The number of anilines is 1. The van der Waals surface area contributed by atoms with Gasteiger partial charge in [0.15, 0.2) is 0 Å². The first-order valence-electron chi connectivity index (χ1n) is 9.04. The maximum atomic E-state index is 13.0. The highest BCUT2D eigenvalue weighted by Gasteiger charge is 2.20. The highest BCUT2D eigenvalue weighted by Crippen LogP contribution is 2.30. The molecular weight excluding hydrogens is 374 g/mol. The fraction of sp³-hybridized carbons (Fsp3) is 0.318.